The van der Waals surface area contributed by atoms with Crippen LogP contribution in [-0.4, -0.2) is 35.8 Å². The molecule has 4 nitrogen and oxygen atoms in total. The van der Waals surface area contributed by atoms with Crippen molar-refractivity contribution in [2.75, 3.05) is 25.1 Å². The van der Waals surface area contributed by atoms with Crippen molar-refractivity contribution in [3.8, 4) is 0 Å². The van der Waals surface area contributed by atoms with E-state index in [2.05, 4.69) is 41.4 Å². The molecule has 0 aromatic carbocycles. The van der Waals surface area contributed by atoms with Gasteiger partial charge in [-0.1, -0.05) is 18.9 Å². The normalized spacial score (nSPS) is 24.8. The lowest BCUT2D eigenvalue weighted by Gasteiger charge is -2.47. The summed E-state index contributed by atoms with van der Waals surface area (Å²) in [5.41, 5.74) is 2.56. The van der Waals surface area contributed by atoms with Gasteiger partial charge in [-0.2, -0.15) is 0 Å². The standard InChI is InChI=1S/C21H29N3OS/c1-17-15-26-19(23-17)24(2)13-10-20(18-7-3-6-12-22-18)11-14-25-21(16-20)8-4-5-9-21/h3,6-7,12,15H,4-5,8-11,13-14,16H2,1-2H3/t20-/m1/s1. The van der Waals surface area contributed by atoms with Crippen LogP contribution in [0.25, 0.3) is 0 Å². The van der Waals surface area contributed by atoms with Crippen molar-refractivity contribution >= 4 is 16.5 Å². The number of rotatable bonds is 5. The van der Waals surface area contributed by atoms with Crippen molar-refractivity contribution in [2.45, 2.75) is 62.9 Å². The average molecular weight is 372 g/mol. The number of hydrogen-bond acceptors (Lipinski definition) is 5. The molecule has 0 amide bonds. The van der Waals surface area contributed by atoms with E-state index in [4.69, 9.17) is 9.72 Å². The molecule has 1 aliphatic carbocycles. The number of ether oxygens (including phenoxy) is 1. The maximum atomic E-state index is 6.35. The first-order chi connectivity index (χ1) is 12.6. The lowest BCUT2D eigenvalue weighted by atomic mass is 9.68. The molecule has 1 atom stereocenters. The van der Waals surface area contributed by atoms with Gasteiger partial charge in [0.15, 0.2) is 5.13 Å². The Balaban J connectivity index is 1.57. The molecule has 4 rings (SSSR count). The maximum Gasteiger partial charge on any atom is 0.185 e. The predicted molar refractivity (Wildman–Crippen MR) is 107 cm³/mol. The maximum absolute atomic E-state index is 6.35. The van der Waals surface area contributed by atoms with Crippen LogP contribution in [0, 0.1) is 6.92 Å². The summed E-state index contributed by atoms with van der Waals surface area (Å²) in [5, 5.41) is 3.24. The number of thiazole rings is 1. The van der Waals surface area contributed by atoms with Crippen LogP contribution in [0.1, 0.15) is 56.3 Å². The first-order valence-corrected chi connectivity index (χ1v) is 10.7. The molecule has 26 heavy (non-hydrogen) atoms. The van der Waals surface area contributed by atoms with Crippen LogP contribution >= 0.6 is 11.3 Å². The number of hydrogen-bond donors (Lipinski definition) is 0. The van der Waals surface area contributed by atoms with E-state index in [1.54, 1.807) is 11.3 Å². The van der Waals surface area contributed by atoms with Crippen molar-refractivity contribution in [3.63, 3.8) is 0 Å². The van der Waals surface area contributed by atoms with E-state index in [1.807, 2.05) is 12.3 Å². The summed E-state index contributed by atoms with van der Waals surface area (Å²) in [6.07, 6.45) is 10.3. The van der Waals surface area contributed by atoms with Gasteiger partial charge in [0.25, 0.3) is 0 Å². The van der Waals surface area contributed by atoms with E-state index >= 15 is 0 Å². The number of aryl methyl sites for hydroxylation is 1. The van der Waals surface area contributed by atoms with Crippen molar-refractivity contribution < 1.29 is 4.74 Å². The third-order valence-electron chi connectivity index (χ3n) is 6.23. The van der Waals surface area contributed by atoms with Crippen molar-refractivity contribution in [3.05, 3.63) is 41.2 Å². The summed E-state index contributed by atoms with van der Waals surface area (Å²) < 4.78 is 6.35. The fourth-order valence-electron chi connectivity index (χ4n) is 4.79. The van der Waals surface area contributed by atoms with Crippen LogP contribution < -0.4 is 4.90 Å². The highest BCUT2D eigenvalue weighted by Crippen LogP contribution is 2.49. The zero-order valence-corrected chi connectivity index (χ0v) is 16.7. The zero-order valence-electron chi connectivity index (χ0n) is 15.9. The first kappa shape index (κ1) is 17.9. The molecule has 0 radical (unpaired) electrons. The highest BCUT2D eigenvalue weighted by atomic mass is 32.1. The Hall–Kier alpha value is -1.46. The number of aromatic nitrogens is 2. The summed E-state index contributed by atoms with van der Waals surface area (Å²) in [5.74, 6) is 0. The Labute approximate surface area is 160 Å². The summed E-state index contributed by atoms with van der Waals surface area (Å²) in [6, 6.07) is 6.38. The second kappa shape index (κ2) is 7.28. The summed E-state index contributed by atoms with van der Waals surface area (Å²) in [6.45, 7) is 3.92. The van der Waals surface area contributed by atoms with Gasteiger partial charge in [-0.05, 0) is 51.2 Å². The molecule has 0 bridgehead atoms. The first-order valence-electron chi connectivity index (χ1n) is 9.80. The summed E-state index contributed by atoms with van der Waals surface area (Å²) >= 11 is 1.73. The number of anilines is 1. The second-order valence-electron chi connectivity index (χ2n) is 8.10. The van der Waals surface area contributed by atoms with Crippen LogP contribution in [0.15, 0.2) is 29.8 Å². The molecule has 1 saturated heterocycles. The third kappa shape index (κ3) is 3.52. The molecule has 3 heterocycles. The minimum atomic E-state index is 0.0894. The Morgan fingerprint density at radius 3 is 2.77 bits per heavy atom. The fraction of sp³-hybridized carbons (Fsp3) is 0.619. The van der Waals surface area contributed by atoms with E-state index in [-0.39, 0.29) is 11.0 Å². The van der Waals surface area contributed by atoms with Gasteiger partial charge in [0.2, 0.25) is 0 Å². The molecular weight excluding hydrogens is 342 g/mol. The quantitative estimate of drug-likeness (QED) is 0.761. The van der Waals surface area contributed by atoms with Crippen LogP contribution in [0.5, 0.6) is 0 Å². The number of nitrogens with zero attached hydrogens (tertiary/aromatic N) is 3. The minimum Gasteiger partial charge on any atom is -0.375 e. The molecule has 2 aromatic rings. The molecular formula is C21H29N3OS. The molecule has 0 N–H and O–H groups in total. The lowest BCUT2D eigenvalue weighted by molar-refractivity contribution is -0.104. The summed E-state index contributed by atoms with van der Waals surface area (Å²) in [7, 11) is 2.16. The van der Waals surface area contributed by atoms with Gasteiger partial charge >= 0.3 is 0 Å². The van der Waals surface area contributed by atoms with Crippen LogP contribution in [-0.2, 0) is 10.2 Å². The Morgan fingerprint density at radius 1 is 1.23 bits per heavy atom. The van der Waals surface area contributed by atoms with Gasteiger partial charge in [-0.25, -0.2) is 4.98 Å². The van der Waals surface area contributed by atoms with E-state index in [9.17, 15) is 0 Å². The van der Waals surface area contributed by atoms with Crippen LogP contribution in [0.3, 0.4) is 0 Å². The molecule has 1 spiro atoms. The van der Waals surface area contributed by atoms with E-state index in [0.29, 0.717) is 0 Å². The fourth-order valence-corrected chi connectivity index (χ4v) is 5.59. The lowest BCUT2D eigenvalue weighted by Crippen LogP contribution is -2.47. The smallest absolute Gasteiger partial charge is 0.185 e. The SMILES string of the molecule is Cc1csc(N(C)CC[C@@]2(c3ccccn3)CCOC3(CCCC3)C2)n1. The average Bonchev–Trinajstić information content (AvgIpc) is 3.30. The van der Waals surface area contributed by atoms with Gasteiger partial charge in [0, 0.05) is 42.9 Å². The molecule has 2 aliphatic rings. The molecule has 2 fully saturated rings. The Bertz CT molecular complexity index is 726. The highest BCUT2D eigenvalue weighted by molar-refractivity contribution is 7.13. The zero-order chi connectivity index (χ0) is 18.0. The minimum absolute atomic E-state index is 0.0894. The monoisotopic (exact) mass is 371 g/mol. The van der Waals surface area contributed by atoms with Crippen molar-refractivity contribution in [1.82, 2.24) is 9.97 Å². The largest absolute Gasteiger partial charge is 0.375 e. The predicted octanol–water partition coefficient (Wildman–Crippen LogP) is 4.73. The Kier molecular flexibility index (Phi) is 5.02. The van der Waals surface area contributed by atoms with Gasteiger partial charge in [-0.3, -0.25) is 4.98 Å². The van der Waals surface area contributed by atoms with Gasteiger partial charge < -0.3 is 9.64 Å². The van der Waals surface area contributed by atoms with Gasteiger partial charge in [0.1, 0.15) is 0 Å². The van der Waals surface area contributed by atoms with E-state index in [0.717, 1.165) is 43.2 Å². The van der Waals surface area contributed by atoms with Gasteiger partial charge in [-0.15, -0.1) is 11.3 Å². The summed E-state index contributed by atoms with van der Waals surface area (Å²) in [4.78, 5) is 11.7. The van der Waals surface area contributed by atoms with Crippen molar-refractivity contribution in [1.29, 1.82) is 0 Å². The molecule has 0 unspecified atom stereocenters. The molecule has 1 aliphatic heterocycles. The Morgan fingerprint density at radius 2 is 2.08 bits per heavy atom. The van der Waals surface area contributed by atoms with E-state index in [1.165, 1.54) is 31.4 Å². The van der Waals surface area contributed by atoms with Gasteiger partial charge in [0.05, 0.1) is 11.3 Å². The molecule has 1 saturated carbocycles. The molecule has 140 valence electrons. The van der Waals surface area contributed by atoms with E-state index < -0.39 is 0 Å². The van der Waals surface area contributed by atoms with Crippen molar-refractivity contribution in [2.24, 2.45) is 0 Å². The third-order valence-corrected chi connectivity index (χ3v) is 7.30. The highest BCUT2D eigenvalue weighted by Gasteiger charge is 2.48. The van der Waals surface area contributed by atoms with Crippen LogP contribution in [0.4, 0.5) is 5.13 Å². The molecule has 5 heteroatoms. The second-order valence-corrected chi connectivity index (χ2v) is 8.94. The molecule has 2 aromatic heterocycles. The number of pyridine rings is 1. The van der Waals surface area contributed by atoms with Crippen LogP contribution in [0.2, 0.25) is 0 Å². The topological polar surface area (TPSA) is 38.2 Å².